The highest BCUT2D eigenvalue weighted by atomic mass is 35.5. The van der Waals surface area contributed by atoms with Crippen molar-refractivity contribution < 1.29 is 45.8 Å². The van der Waals surface area contributed by atoms with Crippen molar-refractivity contribution in [2.24, 2.45) is 5.41 Å². The van der Waals surface area contributed by atoms with E-state index in [-0.39, 0.29) is 73.7 Å². The number of carbonyl (C=O) groups is 2. The fourth-order valence-electron chi connectivity index (χ4n) is 4.88. The van der Waals surface area contributed by atoms with Gasteiger partial charge in [-0.15, -0.1) is 0 Å². The van der Waals surface area contributed by atoms with E-state index in [4.69, 9.17) is 34.6 Å². The number of nitrogens with one attached hydrogen (secondary N) is 3. The molecule has 4 aliphatic heterocycles. The lowest BCUT2D eigenvalue weighted by Gasteiger charge is -2.32. The first-order chi connectivity index (χ1) is 24.6. The Hall–Kier alpha value is -5.52. The van der Waals surface area contributed by atoms with E-state index in [1.807, 2.05) is 13.8 Å². The highest BCUT2D eigenvalue weighted by Crippen LogP contribution is 2.27. The number of anilines is 3. The number of aromatic nitrogens is 3. The quantitative estimate of drug-likeness (QED) is 0.226. The number of halogens is 4. The van der Waals surface area contributed by atoms with Gasteiger partial charge in [0.1, 0.15) is 5.75 Å². The largest absolute Gasteiger partial charge is 0.519 e. The van der Waals surface area contributed by atoms with Gasteiger partial charge in [0.15, 0.2) is 24.7 Å². The summed E-state index contributed by atoms with van der Waals surface area (Å²) in [4.78, 5) is 51.4. The predicted molar refractivity (Wildman–Crippen MR) is 180 cm³/mol. The van der Waals surface area contributed by atoms with Gasteiger partial charge in [-0.1, -0.05) is 31.5 Å². The van der Waals surface area contributed by atoms with Gasteiger partial charge in [0.25, 0.3) is 5.91 Å². The topological polar surface area (TPSA) is 183 Å². The van der Waals surface area contributed by atoms with E-state index in [9.17, 15) is 27.6 Å². The number of benzene rings is 2. The molecule has 4 aliphatic rings. The minimum Gasteiger partial charge on any atom is -0.492 e. The molecule has 0 spiro atoms. The molecule has 3 N–H and O–H groups in total. The third kappa shape index (κ3) is 11.0. The van der Waals surface area contributed by atoms with E-state index in [2.05, 4.69) is 30.9 Å². The van der Waals surface area contributed by atoms with Crippen molar-refractivity contribution in [3.05, 3.63) is 80.8 Å². The fraction of sp³-hybridized carbons (Fsp3) is 0.394. The number of hydrogen-bond donors (Lipinski definition) is 3. The maximum atomic E-state index is 13.3. The first-order valence-electron chi connectivity index (χ1n) is 15.9. The van der Waals surface area contributed by atoms with Crippen LogP contribution in [0.4, 0.5) is 35.5 Å². The summed E-state index contributed by atoms with van der Waals surface area (Å²) in [6, 6.07) is 10.7. The molecule has 6 heterocycles. The monoisotopic (exact) mass is 749 g/mol. The van der Waals surface area contributed by atoms with Crippen LogP contribution in [0, 0.1) is 12.3 Å². The molecule has 0 fully saturated rings. The third-order valence-electron chi connectivity index (χ3n) is 7.43. The van der Waals surface area contributed by atoms with E-state index in [0.717, 1.165) is 0 Å². The molecule has 15 nitrogen and oxygen atoms in total. The summed E-state index contributed by atoms with van der Waals surface area (Å²) < 4.78 is 64.5. The number of aryl methyl sites for hydroxylation is 1. The number of amides is 2. The average molecular weight is 750 g/mol. The van der Waals surface area contributed by atoms with Crippen molar-refractivity contribution in [1.82, 2.24) is 25.2 Å². The van der Waals surface area contributed by atoms with Crippen LogP contribution in [0.25, 0.3) is 0 Å². The molecule has 0 saturated heterocycles. The van der Waals surface area contributed by atoms with E-state index in [1.54, 1.807) is 30.3 Å². The molecule has 2 aromatic heterocycles. The van der Waals surface area contributed by atoms with Crippen LogP contribution in [0.15, 0.2) is 56.1 Å². The van der Waals surface area contributed by atoms with Crippen LogP contribution >= 0.6 is 11.6 Å². The summed E-state index contributed by atoms with van der Waals surface area (Å²) in [5.41, 5.74) is 0.774. The Labute approximate surface area is 299 Å². The Morgan fingerprint density at radius 1 is 1.04 bits per heavy atom. The van der Waals surface area contributed by atoms with Gasteiger partial charge in [-0.05, 0) is 60.7 Å². The molecule has 278 valence electrons. The molecule has 2 amide bonds. The van der Waals surface area contributed by atoms with Crippen molar-refractivity contribution >= 4 is 41.2 Å². The van der Waals surface area contributed by atoms with Crippen LogP contribution in [-0.4, -0.2) is 70.9 Å². The van der Waals surface area contributed by atoms with Crippen LogP contribution in [-0.2, 0) is 17.9 Å². The van der Waals surface area contributed by atoms with Gasteiger partial charge in [0.2, 0.25) is 11.9 Å². The molecule has 0 radical (unpaired) electrons. The second-order valence-electron chi connectivity index (χ2n) is 12.4. The summed E-state index contributed by atoms with van der Waals surface area (Å²) in [6.45, 7) is 4.18. The zero-order chi connectivity index (χ0) is 37.5. The van der Waals surface area contributed by atoms with Gasteiger partial charge in [-0.25, -0.2) is 9.59 Å². The summed E-state index contributed by atoms with van der Waals surface area (Å²) in [5.74, 6) is -0.821. The second kappa shape index (κ2) is 16.2. The molecule has 0 unspecified atom stereocenters. The lowest BCUT2D eigenvalue weighted by molar-refractivity contribution is -0.154. The zero-order valence-electron chi connectivity index (χ0n) is 28.3. The Balaban J connectivity index is 1.37. The molecule has 0 saturated carbocycles. The van der Waals surface area contributed by atoms with Crippen molar-refractivity contribution in [2.75, 3.05) is 43.5 Å². The molecule has 0 atom stereocenters. The van der Waals surface area contributed by atoms with Crippen LogP contribution in [0.5, 0.6) is 11.8 Å². The number of carbonyl (C=O) groups excluding carboxylic acids is 2. The van der Waals surface area contributed by atoms with Crippen molar-refractivity contribution in [3.63, 3.8) is 0 Å². The third-order valence-corrected chi connectivity index (χ3v) is 7.72. The first-order valence-corrected chi connectivity index (χ1v) is 16.3. The Kier molecular flexibility index (Phi) is 11.8. The number of nitrogens with zero attached hydrogens (tertiary/aromatic N) is 4. The van der Waals surface area contributed by atoms with Gasteiger partial charge in [-0.3, -0.25) is 4.79 Å². The molecule has 4 aromatic rings. The number of ether oxygens (including phenoxy) is 3. The minimum atomic E-state index is -4.62. The van der Waals surface area contributed by atoms with Gasteiger partial charge in [0.05, 0.1) is 11.6 Å². The maximum Gasteiger partial charge on any atom is 0.519 e. The van der Waals surface area contributed by atoms with E-state index in [1.165, 1.54) is 24.0 Å². The van der Waals surface area contributed by atoms with Crippen LogP contribution < -0.4 is 31.2 Å². The lowest BCUT2D eigenvalue weighted by atomic mass is 9.92. The van der Waals surface area contributed by atoms with Crippen LogP contribution in [0.1, 0.15) is 47.7 Å². The summed E-state index contributed by atoms with van der Waals surface area (Å²) >= 11 is 6.49. The van der Waals surface area contributed by atoms with Gasteiger partial charge >= 0.3 is 24.1 Å². The van der Waals surface area contributed by atoms with Crippen molar-refractivity contribution in [2.45, 2.75) is 46.5 Å². The van der Waals surface area contributed by atoms with Gasteiger partial charge in [-0.2, -0.15) is 28.1 Å². The van der Waals surface area contributed by atoms with Gasteiger partial charge < -0.3 is 43.9 Å². The lowest BCUT2D eigenvalue weighted by Crippen LogP contribution is -2.45. The molecule has 8 rings (SSSR count). The molecule has 52 heavy (non-hydrogen) atoms. The summed E-state index contributed by atoms with van der Waals surface area (Å²) in [7, 11) is 0. The second-order valence-corrected chi connectivity index (χ2v) is 12.9. The highest BCUT2D eigenvalue weighted by molar-refractivity contribution is 6.32. The minimum absolute atomic E-state index is 0.0771. The fourth-order valence-corrected chi connectivity index (χ4v) is 5.14. The van der Waals surface area contributed by atoms with Crippen LogP contribution in [0.2, 0.25) is 5.02 Å². The Morgan fingerprint density at radius 2 is 1.79 bits per heavy atom. The van der Waals surface area contributed by atoms with Crippen LogP contribution in [0.3, 0.4) is 0 Å². The van der Waals surface area contributed by atoms with E-state index < -0.39 is 36.1 Å². The highest BCUT2D eigenvalue weighted by Gasteiger charge is 2.30. The Bertz CT molecular complexity index is 1940. The molecule has 6 bridgehead atoms. The molecule has 19 heteroatoms. The van der Waals surface area contributed by atoms with E-state index >= 15 is 0 Å². The molecular weight excluding hydrogens is 715 g/mol. The normalized spacial score (nSPS) is 15.4. The van der Waals surface area contributed by atoms with E-state index in [0.29, 0.717) is 29.0 Å². The number of hydrogen-bond acceptors (Lipinski definition) is 13. The molecule has 2 aromatic carbocycles. The SMILES string of the molecule is Cc1oc(=O)oc1COC(=O)N1CCCOc2ccc(cc2Cl)CNc2nc(nc(OCC(F)(F)F)n2)Nc2ccc(cc2)C(=O)NCC(C)(C)C1. The maximum absolute atomic E-state index is 13.3. The first kappa shape index (κ1) is 37.7. The zero-order valence-corrected chi connectivity index (χ0v) is 29.0. The standard InChI is InChI=1S/C33H35ClF3N7O8/c1-19-25(52-31(47)51-19)15-49-30(46)44-11-4-12-48-24-10-5-20(13-23(24)34)14-38-27-41-28(43-29(42-27)50-18-33(35,36)37)40-22-8-6-21(7-9-22)26(45)39-16-32(2,3)17-44/h5-10,13H,4,11-12,14-18H2,1-3H3,(H,39,45)(H2,38,40,41,42,43). The smallest absolute Gasteiger partial charge is 0.492 e. The summed E-state index contributed by atoms with van der Waals surface area (Å²) in [6.07, 6.45) is -4.92. The van der Waals surface area contributed by atoms with Gasteiger partial charge in [0, 0.05) is 37.4 Å². The Morgan fingerprint density at radius 3 is 2.48 bits per heavy atom. The predicted octanol–water partition coefficient (Wildman–Crippen LogP) is 5.85. The average Bonchev–Trinajstić information content (AvgIpc) is 3.41. The number of rotatable bonds is 4. The molecule has 0 aliphatic carbocycles. The number of alkyl halides is 3. The van der Waals surface area contributed by atoms with Crippen molar-refractivity contribution in [3.8, 4) is 11.8 Å². The summed E-state index contributed by atoms with van der Waals surface area (Å²) in [5, 5.41) is 8.99. The van der Waals surface area contributed by atoms with Crippen molar-refractivity contribution in [1.29, 1.82) is 0 Å². The molecular formula is C33H35ClF3N7O8.